The SMILES string of the molecule is O=C(O)C(F)(F)F.O=C1CCN(c2cc(C(=O)N3CCC4(CCN(CC5CCNCC5(F)F)CC4)CC3)ccc2Cl)C(=O)N1. The zero-order chi connectivity index (χ0) is 32.3. The lowest BCUT2D eigenvalue weighted by Crippen LogP contribution is -2.53. The molecule has 10 nitrogen and oxygen atoms in total. The van der Waals surface area contributed by atoms with Gasteiger partial charge in [0.2, 0.25) is 5.91 Å². The molecule has 1 aromatic rings. The molecule has 0 aliphatic carbocycles. The van der Waals surface area contributed by atoms with Crippen LogP contribution in [-0.4, -0.2) is 103 Å². The molecular formula is C28H35ClF5N5O5. The first-order valence-corrected chi connectivity index (χ1v) is 14.8. The van der Waals surface area contributed by atoms with Gasteiger partial charge >= 0.3 is 18.2 Å². The minimum Gasteiger partial charge on any atom is -0.475 e. The second kappa shape index (κ2) is 13.5. The number of aliphatic carboxylic acids is 1. The lowest BCUT2D eigenvalue weighted by atomic mass is 9.71. The van der Waals surface area contributed by atoms with E-state index in [0.29, 0.717) is 48.9 Å². The Morgan fingerprint density at radius 2 is 1.64 bits per heavy atom. The van der Waals surface area contributed by atoms with Gasteiger partial charge in [-0.25, -0.2) is 18.4 Å². The minimum absolute atomic E-state index is 0.105. The minimum atomic E-state index is -5.08. The van der Waals surface area contributed by atoms with Gasteiger partial charge in [-0.15, -0.1) is 0 Å². The van der Waals surface area contributed by atoms with Crippen LogP contribution < -0.4 is 15.5 Å². The predicted molar refractivity (Wildman–Crippen MR) is 150 cm³/mol. The van der Waals surface area contributed by atoms with Crippen molar-refractivity contribution in [2.24, 2.45) is 11.3 Å². The van der Waals surface area contributed by atoms with Crippen molar-refractivity contribution in [3.05, 3.63) is 28.8 Å². The average Bonchev–Trinajstić information content (AvgIpc) is 2.96. The molecule has 3 N–H and O–H groups in total. The number of rotatable bonds is 4. The van der Waals surface area contributed by atoms with Crippen molar-refractivity contribution < 1.29 is 46.2 Å². The fourth-order valence-corrected chi connectivity index (χ4v) is 6.37. The number of urea groups is 1. The Bertz CT molecular complexity index is 1250. The zero-order valence-electron chi connectivity index (χ0n) is 23.9. The van der Waals surface area contributed by atoms with Crippen molar-refractivity contribution in [3.63, 3.8) is 0 Å². The number of anilines is 1. The van der Waals surface area contributed by atoms with Crippen LogP contribution in [0.15, 0.2) is 18.2 Å². The predicted octanol–water partition coefficient (Wildman–Crippen LogP) is 3.98. The maximum atomic E-state index is 14.2. The second-order valence-electron chi connectivity index (χ2n) is 11.7. The van der Waals surface area contributed by atoms with Crippen LogP contribution >= 0.6 is 11.6 Å². The molecule has 4 aliphatic rings. The number of benzene rings is 1. The summed E-state index contributed by atoms with van der Waals surface area (Å²) in [6.45, 7) is 4.03. The number of nitrogens with one attached hydrogen (secondary N) is 2. The van der Waals surface area contributed by atoms with Crippen LogP contribution in [0, 0.1) is 11.3 Å². The summed E-state index contributed by atoms with van der Waals surface area (Å²) in [5.41, 5.74) is 1.03. The summed E-state index contributed by atoms with van der Waals surface area (Å²) in [6, 6.07) is 4.36. The Morgan fingerprint density at radius 1 is 1.02 bits per heavy atom. The maximum Gasteiger partial charge on any atom is 0.490 e. The molecule has 4 fully saturated rings. The molecule has 0 saturated carbocycles. The van der Waals surface area contributed by atoms with Gasteiger partial charge in [-0.1, -0.05) is 11.6 Å². The van der Waals surface area contributed by atoms with E-state index in [-0.39, 0.29) is 36.7 Å². The van der Waals surface area contributed by atoms with Crippen molar-refractivity contribution in [3.8, 4) is 0 Å². The number of halogens is 6. The standard InChI is InChI=1S/C26H34ClF2N5O3.C2HF3O2/c27-20-2-1-18(15-21(20)34-10-4-22(35)31-24(34)37)23(36)33-13-7-25(8-14-33)5-11-32(12-6-25)16-19-3-9-30-17-26(19,28)29;3-2(4,5)1(6)7/h1-2,15,19,30H,3-14,16-17H2,(H,31,35,37);(H,6,7). The van der Waals surface area contributed by atoms with Gasteiger partial charge in [0.05, 0.1) is 17.3 Å². The fourth-order valence-electron chi connectivity index (χ4n) is 6.15. The zero-order valence-corrected chi connectivity index (χ0v) is 24.7. The lowest BCUT2D eigenvalue weighted by Gasteiger charge is -2.48. The Morgan fingerprint density at radius 3 is 2.20 bits per heavy atom. The molecule has 4 amide bonds. The number of carbonyl (C=O) groups is 4. The van der Waals surface area contributed by atoms with Crippen LogP contribution in [0.4, 0.5) is 32.4 Å². The molecule has 4 heterocycles. The fraction of sp³-hybridized carbons (Fsp3) is 0.643. The monoisotopic (exact) mass is 651 g/mol. The first-order valence-electron chi connectivity index (χ1n) is 14.4. The van der Waals surface area contributed by atoms with E-state index in [1.165, 1.54) is 4.90 Å². The number of nitrogens with zero attached hydrogens (tertiary/aromatic N) is 3. The van der Waals surface area contributed by atoms with Gasteiger partial charge in [0.25, 0.3) is 11.8 Å². The third-order valence-corrected chi connectivity index (χ3v) is 9.23. The van der Waals surface area contributed by atoms with Crippen LogP contribution in [-0.2, 0) is 9.59 Å². The largest absolute Gasteiger partial charge is 0.490 e. The number of imide groups is 1. The van der Waals surface area contributed by atoms with E-state index in [1.54, 1.807) is 18.2 Å². The van der Waals surface area contributed by atoms with Gasteiger partial charge in [0.15, 0.2) is 0 Å². The van der Waals surface area contributed by atoms with E-state index in [2.05, 4.69) is 15.5 Å². The summed E-state index contributed by atoms with van der Waals surface area (Å²) in [5, 5.41) is 12.5. The number of carboxylic acid groups (broad SMARTS) is 1. The van der Waals surface area contributed by atoms with Crippen molar-refractivity contribution in [1.29, 1.82) is 0 Å². The number of alkyl halides is 5. The number of likely N-dealkylation sites (tertiary alicyclic amines) is 2. The quantitative estimate of drug-likeness (QED) is 0.421. The van der Waals surface area contributed by atoms with Gasteiger partial charge in [-0.2, -0.15) is 13.2 Å². The molecule has 0 bridgehead atoms. The second-order valence-corrected chi connectivity index (χ2v) is 12.1. The number of hydrogen-bond acceptors (Lipinski definition) is 6. The smallest absolute Gasteiger partial charge is 0.475 e. The van der Waals surface area contributed by atoms with Crippen LogP contribution in [0.1, 0.15) is 48.9 Å². The first kappa shape index (κ1) is 33.8. The van der Waals surface area contributed by atoms with Gasteiger partial charge in [-0.05, 0) is 75.4 Å². The molecule has 1 unspecified atom stereocenters. The number of carboxylic acids is 1. The van der Waals surface area contributed by atoms with Crippen molar-refractivity contribution >= 4 is 41.1 Å². The summed E-state index contributed by atoms with van der Waals surface area (Å²) in [4.78, 5) is 51.4. The van der Waals surface area contributed by atoms with Gasteiger partial charge < -0.3 is 20.2 Å². The average molecular weight is 652 g/mol. The van der Waals surface area contributed by atoms with E-state index < -0.39 is 30.0 Å². The summed E-state index contributed by atoms with van der Waals surface area (Å²) in [6.07, 6.45) is -0.663. The summed E-state index contributed by atoms with van der Waals surface area (Å²) >= 11 is 6.33. The topological polar surface area (TPSA) is 122 Å². The van der Waals surface area contributed by atoms with Gasteiger partial charge in [0, 0.05) is 44.1 Å². The Hall–Kier alpha value is -3.04. The molecule has 1 aromatic carbocycles. The molecule has 4 saturated heterocycles. The Kier molecular flexibility index (Phi) is 10.4. The van der Waals surface area contributed by atoms with Crippen molar-refractivity contribution in [2.45, 2.75) is 50.6 Å². The molecule has 16 heteroatoms. The summed E-state index contributed by atoms with van der Waals surface area (Å²) < 4.78 is 60.2. The molecule has 244 valence electrons. The number of carbonyl (C=O) groups excluding carboxylic acids is 3. The van der Waals surface area contributed by atoms with E-state index in [1.807, 2.05) is 4.90 Å². The van der Waals surface area contributed by atoms with Crippen molar-refractivity contribution in [1.82, 2.24) is 20.4 Å². The highest BCUT2D eigenvalue weighted by molar-refractivity contribution is 6.34. The molecular weight excluding hydrogens is 617 g/mol. The highest BCUT2D eigenvalue weighted by Gasteiger charge is 2.44. The Labute approximate surface area is 255 Å². The third kappa shape index (κ3) is 8.16. The summed E-state index contributed by atoms with van der Waals surface area (Å²) in [7, 11) is 0. The number of amides is 4. The van der Waals surface area contributed by atoms with Gasteiger partial charge in [-0.3, -0.25) is 19.8 Å². The first-order chi connectivity index (χ1) is 20.6. The molecule has 4 aliphatic heterocycles. The third-order valence-electron chi connectivity index (χ3n) is 8.91. The molecule has 0 radical (unpaired) electrons. The van der Waals surface area contributed by atoms with E-state index >= 15 is 0 Å². The van der Waals surface area contributed by atoms with E-state index in [0.717, 1.165) is 38.8 Å². The lowest BCUT2D eigenvalue weighted by molar-refractivity contribution is -0.192. The van der Waals surface area contributed by atoms with E-state index in [9.17, 15) is 36.3 Å². The molecule has 5 rings (SSSR count). The normalized spacial score (nSPS) is 23.9. The highest BCUT2D eigenvalue weighted by Crippen LogP contribution is 2.42. The summed E-state index contributed by atoms with van der Waals surface area (Å²) in [5.74, 6) is -6.42. The van der Waals surface area contributed by atoms with Crippen LogP contribution in [0.5, 0.6) is 0 Å². The number of piperidine rings is 3. The highest BCUT2D eigenvalue weighted by atomic mass is 35.5. The number of hydrogen-bond donors (Lipinski definition) is 3. The Balaban J connectivity index is 0.000000566. The van der Waals surface area contributed by atoms with Crippen molar-refractivity contribution in [2.75, 3.05) is 57.3 Å². The maximum absolute atomic E-state index is 14.2. The molecule has 1 spiro atoms. The van der Waals surface area contributed by atoms with Crippen LogP contribution in [0.2, 0.25) is 5.02 Å². The molecule has 1 atom stereocenters. The van der Waals surface area contributed by atoms with E-state index in [4.69, 9.17) is 21.5 Å². The van der Waals surface area contributed by atoms with Crippen LogP contribution in [0.25, 0.3) is 0 Å². The van der Waals surface area contributed by atoms with Gasteiger partial charge in [0.1, 0.15) is 0 Å². The molecule has 44 heavy (non-hydrogen) atoms. The molecule has 0 aromatic heterocycles. The van der Waals surface area contributed by atoms with Crippen LogP contribution in [0.3, 0.4) is 0 Å².